The van der Waals surface area contributed by atoms with Crippen LogP contribution in [0.2, 0.25) is 0 Å². The van der Waals surface area contributed by atoms with Crippen molar-refractivity contribution in [2.45, 2.75) is 33.3 Å². The van der Waals surface area contributed by atoms with Crippen LogP contribution in [0.3, 0.4) is 0 Å². The molecule has 14 heavy (non-hydrogen) atoms. The van der Waals surface area contributed by atoms with Gasteiger partial charge in [-0.1, -0.05) is 6.92 Å². The average Bonchev–Trinajstić information content (AvgIpc) is 2.17. The third-order valence-electron chi connectivity index (χ3n) is 1.73. The number of carbonyl (C=O) groups is 1. The van der Waals surface area contributed by atoms with E-state index in [9.17, 15) is 4.79 Å². The largest absolute Gasteiger partial charge is 0.464 e. The molecule has 4 nitrogen and oxygen atoms in total. The second-order valence-corrected chi connectivity index (χ2v) is 2.95. The normalized spacial score (nSPS) is 12.5. The minimum absolute atomic E-state index is 0.0116. The van der Waals surface area contributed by atoms with Gasteiger partial charge in [0, 0.05) is 0 Å². The summed E-state index contributed by atoms with van der Waals surface area (Å²) in [5.74, 6) is -0.323. The van der Waals surface area contributed by atoms with Crippen LogP contribution < -0.4 is 0 Å². The summed E-state index contributed by atoms with van der Waals surface area (Å²) in [5.41, 5.74) is 0. The van der Waals surface area contributed by atoms with Crippen LogP contribution in [0.4, 0.5) is 0 Å². The molecular formula is C10H20O4. The highest BCUT2D eigenvalue weighted by Gasteiger charge is 2.01. The Labute approximate surface area is 85.5 Å². The monoisotopic (exact) mass is 204 g/mol. The zero-order valence-electron chi connectivity index (χ0n) is 9.25. The highest BCUT2D eigenvalue weighted by atomic mass is 16.6. The van der Waals surface area contributed by atoms with E-state index in [2.05, 4.69) is 11.7 Å². The summed E-state index contributed by atoms with van der Waals surface area (Å²) < 4.78 is 15.1. The maximum absolute atomic E-state index is 10.8. The van der Waals surface area contributed by atoms with E-state index in [0.29, 0.717) is 19.8 Å². The molecule has 0 saturated carbocycles. The molecule has 0 N–H and O–H groups in total. The van der Waals surface area contributed by atoms with Crippen molar-refractivity contribution in [3.05, 3.63) is 0 Å². The van der Waals surface area contributed by atoms with E-state index in [1.54, 1.807) is 6.92 Å². The van der Waals surface area contributed by atoms with Crippen LogP contribution in [-0.2, 0) is 19.0 Å². The van der Waals surface area contributed by atoms with E-state index in [1.165, 1.54) is 0 Å². The van der Waals surface area contributed by atoms with Gasteiger partial charge in [-0.15, -0.1) is 0 Å². The van der Waals surface area contributed by atoms with Crippen molar-refractivity contribution in [3.8, 4) is 0 Å². The first-order valence-corrected chi connectivity index (χ1v) is 5.05. The lowest BCUT2D eigenvalue weighted by molar-refractivity contribution is -0.149. The second-order valence-electron chi connectivity index (χ2n) is 2.95. The zero-order valence-corrected chi connectivity index (χ0v) is 9.25. The molecule has 1 atom stereocenters. The molecule has 0 aromatic rings. The van der Waals surface area contributed by atoms with Crippen molar-refractivity contribution >= 4 is 5.97 Å². The van der Waals surface area contributed by atoms with E-state index in [-0.39, 0.29) is 18.7 Å². The molecule has 0 aromatic carbocycles. The summed E-state index contributed by atoms with van der Waals surface area (Å²) in [6, 6.07) is 0. The van der Waals surface area contributed by atoms with Crippen molar-refractivity contribution in [3.63, 3.8) is 0 Å². The van der Waals surface area contributed by atoms with Gasteiger partial charge in [0.1, 0.15) is 6.61 Å². The Kier molecular flexibility index (Phi) is 8.57. The Balaban J connectivity index is 3.17. The lowest BCUT2D eigenvalue weighted by atomic mass is 10.3. The van der Waals surface area contributed by atoms with Crippen LogP contribution in [0, 0.1) is 0 Å². The quantitative estimate of drug-likeness (QED) is 0.442. The summed E-state index contributed by atoms with van der Waals surface area (Å²) in [7, 11) is 0. The van der Waals surface area contributed by atoms with Gasteiger partial charge in [0.25, 0.3) is 0 Å². The van der Waals surface area contributed by atoms with Gasteiger partial charge < -0.3 is 14.2 Å². The van der Waals surface area contributed by atoms with Gasteiger partial charge >= 0.3 is 5.97 Å². The maximum atomic E-state index is 10.8. The van der Waals surface area contributed by atoms with E-state index in [4.69, 9.17) is 9.47 Å². The number of hydrogen-bond donors (Lipinski definition) is 0. The first kappa shape index (κ1) is 13.4. The van der Waals surface area contributed by atoms with Gasteiger partial charge in [0.15, 0.2) is 0 Å². The van der Waals surface area contributed by atoms with Crippen LogP contribution >= 0.6 is 0 Å². The number of carbonyl (C=O) groups excluding carboxylic acids is 1. The Morgan fingerprint density at radius 2 is 2.00 bits per heavy atom. The molecule has 0 fully saturated rings. The molecule has 0 rings (SSSR count). The summed E-state index contributed by atoms with van der Waals surface area (Å²) in [5, 5.41) is 0. The molecule has 0 aromatic heterocycles. The third-order valence-corrected chi connectivity index (χ3v) is 1.73. The molecule has 0 amide bonds. The summed E-state index contributed by atoms with van der Waals surface area (Å²) in [6.07, 6.45) is 1.24. The van der Waals surface area contributed by atoms with Crippen LogP contribution in [0.1, 0.15) is 27.2 Å². The Morgan fingerprint density at radius 3 is 2.57 bits per heavy atom. The lowest BCUT2D eigenvalue weighted by Gasteiger charge is -2.10. The number of hydrogen-bond acceptors (Lipinski definition) is 4. The second kappa shape index (κ2) is 8.97. The van der Waals surface area contributed by atoms with Crippen molar-refractivity contribution < 1.29 is 19.0 Å². The summed E-state index contributed by atoms with van der Waals surface area (Å²) in [4.78, 5) is 10.8. The van der Waals surface area contributed by atoms with Gasteiger partial charge in [-0.2, -0.15) is 0 Å². The molecule has 0 aliphatic heterocycles. The van der Waals surface area contributed by atoms with Crippen LogP contribution in [0.15, 0.2) is 0 Å². The van der Waals surface area contributed by atoms with E-state index >= 15 is 0 Å². The molecule has 1 unspecified atom stereocenters. The molecule has 0 bridgehead atoms. The minimum Gasteiger partial charge on any atom is -0.464 e. The molecular weight excluding hydrogens is 184 g/mol. The first-order chi connectivity index (χ1) is 6.70. The smallest absolute Gasteiger partial charge is 0.332 e. The Hall–Kier alpha value is -0.610. The van der Waals surface area contributed by atoms with Gasteiger partial charge in [0.2, 0.25) is 0 Å². The van der Waals surface area contributed by atoms with Crippen LogP contribution in [0.5, 0.6) is 0 Å². The van der Waals surface area contributed by atoms with Gasteiger partial charge in [-0.25, -0.2) is 4.79 Å². The standard InChI is InChI=1S/C10H20O4/c1-4-9(3)14-7-6-12-8-10(11)13-5-2/h9H,4-8H2,1-3H3. The minimum atomic E-state index is -0.323. The molecule has 0 saturated heterocycles. The first-order valence-electron chi connectivity index (χ1n) is 5.05. The average molecular weight is 204 g/mol. The molecule has 84 valence electrons. The lowest BCUT2D eigenvalue weighted by Crippen LogP contribution is -2.16. The van der Waals surface area contributed by atoms with Crippen molar-refractivity contribution in [1.29, 1.82) is 0 Å². The van der Waals surface area contributed by atoms with E-state index in [1.807, 2.05) is 6.92 Å². The maximum Gasteiger partial charge on any atom is 0.332 e. The third kappa shape index (κ3) is 8.01. The molecule has 0 spiro atoms. The molecule has 0 aliphatic carbocycles. The Bertz CT molecular complexity index is 147. The fraction of sp³-hybridized carbons (Fsp3) is 0.900. The van der Waals surface area contributed by atoms with E-state index in [0.717, 1.165) is 6.42 Å². The number of ether oxygens (including phenoxy) is 3. The highest BCUT2D eigenvalue weighted by Crippen LogP contribution is 1.94. The Morgan fingerprint density at radius 1 is 1.29 bits per heavy atom. The SMILES string of the molecule is CCOC(=O)COCCOC(C)CC. The predicted octanol–water partition coefficient (Wildman–Crippen LogP) is 1.38. The number of esters is 1. The van der Waals surface area contributed by atoms with Crippen LogP contribution in [0.25, 0.3) is 0 Å². The van der Waals surface area contributed by atoms with Crippen molar-refractivity contribution in [1.82, 2.24) is 0 Å². The molecule has 0 aliphatic rings. The molecule has 0 heterocycles. The summed E-state index contributed by atoms with van der Waals surface area (Å²) >= 11 is 0. The fourth-order valence-corrected chi connectivity index (χ4v) is 0.784. The van der Waals surface area contributed by atoms with Crippen molar-refractivity contribution in [2.24, 2.45) is 0 Å². The van der Waals surface area contributed by atoms with Crippen LogP contribution in [-0.4, -0.2) is 38.5 Å². The predicted molar refractivity (Wildman–Crippen MR) is 53.2 cm³/mol. The summed E-state index contributed by atoms with van der Waals surface area (Å²) in [6.45, 7) is 7.19. The highest BCUT2D eigenvalue weighted by molar-refractivity contribution is 5.70. The van der Waals surface area contributed by atoms with Gasteiger partial charge in [-0.3, -0.25) is 0 Å². The van der Waals surface area contributed by atoms with E-state index < -0.39 is 0 Å². The molecule has 4 heteroatoms. The topological polar surface area (TPSA) is 44.8 Å². The zero-order chi connectivity index (χ0) is 10.8. The van der Waals surface area contributed by atoms with Gasteiger partial charge in [-0.05, 0) is 20.3 Å². The fourth-order valence-electron chi connectivity index (χ4n) is 0.784. The van der Waals surface area contributed by atoms with Gasteiger partial charge in [0.05, 0.1) is 25.9 Å². The molecule has 0 radical (unpaired) electrons. The van der Waals surface area contributed by atoms with Crippen molar-refractivity contribution in [2.75, 3.05) is 26.4 Å². The number of rotatable bonds is 8.